The van der Waals surface area contributed by atoms with E-state index in [9.17, 15) is 19.7 Å². The van der Waals surface area contributed by atoms with Crippen LogP contribution in [0.1, 0.15) is 20.7 Å². The molecule has 0 aliphatic heterocycles. The van der Waals surface area contributed by atoms with Gasteiger partial charge in [-0.2, -0.15) is 0 Å². The molecular formula is C8H4ClNO6. The van der Waals surface area contributed by atoms with Gasteiger partial charge in [-0.25, -0.2) is 9.59 Å². The highest BCUT2D eigenvalue weighted by Crippen LogP contribution is 2.28. The van der Waals surface area contributed by atoms with E-state index in [0.717, 1.165) is 12.1 Å². The molecule has 0 bridgehead atoms. The Hall–Kier alpha value is -2.15. The van der Waals surface area contributed by atoms with Crippen LogP contribution in [-0.4, -0.2) is 27.1 Å². The first-order valence-electron chi connectivity index (χ1n) is 3.79. The zero-order valence-corrected chi connectivity index (χ0v) is 8.26. The fourth-order valence-corrected chi connectivity index (χ4v) is 1.38. The number of rotatable bonds is 3. The van der Waals surface area contributed by atoms with E-state index in [1.807, 2.05) is 0 Å². The molecule has 7 nitrogen and oxygen atoms in total. The lowest BCUT2D eigenvalue weighted by Crippen LogP contribution is -2.11. The Bertz CT molecular complexity index is 498. The summed E-state index contributed by atoms with van der Waals surface area (Å²) in [5, 5.41) is 27.6. The number of hydrogen-bond donors (Lipinski definition) is 2. The molecule has 1 aromatic rings. The van der Waals surface area contributed by atoms with Crippen molar-refractivity contribution >= 4 is 29.2 Å². The van der Waals surface area contributed by atoms with Crippen LogP contribution in [0.5, 0.6) is 0 Å². The van der Waals surface area contributed by atoms with E-state index < -0.39 is 33.7 Å². The van der Waals surface area contributed by atoms with Crippen molar-refractivity contribution in [3.05, 3.63) is 38.4 Å². The summed E-state index contributed by atoms with van der Waals surface area (Å²) < 4.78 is 0. The van der Waals surface area contributed by atoms with Crippen LogP contribution in [0.15, 0.2) is 12.1 Å². The van der Waals surface area contributed by atoms with Gasteiger partial charge < -0.3 is 10.2 Å². The maximum absolute atomic E-state index is 10.8. The average Bonchev–Trinajstić information content (AvgIpc) is 2.15. The molecule has 0 aliphatic rings. The largest absolute Gasteiger partial charge is 0.478 e. The molecule has 0 heterocycles. The van der Waals surface area contributed by atoms with Crippen LogP contribution in [0.3, 0.4) is 0 Å². The summed E-state index contributed by atoms with van der Waals surface area (Å²) in [6.45, 7) is 0. The molecule has 16 heavy (non-hydrogen) atoms. The van der Waals surface area contributed by atoms with Crippen LogP contribution in [0.25, 0.3) is 0 Å². The van der Waals surface area contributed by atoms with Gasteiger partial charge in [0.1, 0.15) is 0 Å². The molecule has 0 atom stereocenters. The van der Waals surface area contributed by atoms with Crippen molar-refractivity contribution < 1.29 is 24.7 Å². The van der Waals surface area contributed by atoms with Crippen LogP contribution >= 0.6 is 11.6 Å². The van der Waals surface area contributed by atoms with Gasteiger partial charge in [-0.05, 0) is 6.07 Å². The number of nitro groups is 1. The van der Waals surface area contributed by atoms with Crippen molar-refractivity contribution in [3.63, 3.8) is 0 Å². The van der Waals surface area contributed by atoms with Gasteiger partial charge in [0.25, 0.3) is 5.69 Å². The van der Waals surface area contributed by atoms with Crippen molar-refractivity contribution in [1.29, 1.82) is 0 Å². The predicted molar refractivity (Wildman–Crippen MR) is 52.0 cm³/mol. The quantitative estimate of drug-likeness (QED) is 0.617. The Balaban J connectivity index is 3.70. The fourth-order valence-electron chi connectivity index (χ4n) is 1.14. The van der Waals surface area contributed by atoms with Crippen LogP contribution in [0, 0.1) is 10.1 Å². The van der Waals surface area contributed by atoms with Crippen LogP contribution < -0.4 is 0 Å². The summed E-state index contributed by atoms with van der Waals surface area (Å²) >= 11 is 5.48. The number of carboxylic acids is 2. The molecule has 0 aromatic heterocycles. The minimum absolute atomic E-state index is 0.365. The monoisotopic (exact) mass is 245 g/mol. The Morgan fingerprint density at radius 3 is 2.06 bits per heavy atom. The standard InChI is InChI=1S/C8H4ClNO6/c9-3-1-2-4(10(15)16)6(8(13)14)5(3)7(11)12/h1-2H,(H,11,12)(H,13,14). The maximum atomic E-state index is 10.8. The molecule has 1 rings (SSSR count). The minimum Gasteiger partial charge on any atom is -0.478 e. The highest BCUT2D eigenvalue weighted by molar-refractivity contribution is 6.34. The number of nitro benzene ring substituents is 1. The Kier molecular flexibility index (Phi) is 3.09. The zero-order chi connectivity index (χ0) is 12.5. The SMILES string of the molecule is O=C(O)c1c(Cl)ccc([N+](=O)[O-])c1C(=O)O. The summed E-state index contributed by atoms with van der Waals surface area (Å²) in [5.74, 6) is -3.35. The number of hydrogen-bond acceptors (Lipinski definition) is 4. The number of halogens is 1. The lowest BCUT2D eigenvalue weighted by molar-refractivity contribution is -0.385. The number of aromatic carboxylic acids is 2. The van der Waals surface area contributed by atoms with Crippen LogP contribution in [0.2, 0.25) is 5.02 Å². The number of carbonyl (C=O) groups is 2. The van der Waals surface area contributed by atoms with Gasteiger partial charge in [-0.3, -0.25) is 10.1 Å². The molecule has 0 saturated carbocycles. The number of nitrogens with zero attached hydrogens (tertiary/aromatic N) is 1. The molecule has 2 N–H and O–H groups in total. The van der Waals surface area contributed by atoms with E-state index in [2.05, 4.69) is 0 Å². The van der Waals surface area contributed by atoms with Gasteiger partial charge in [-0.15, -0.1) is 0 Å². The molecule has 0 unspecified atom stereocenters. The molecule has 0 fully saturated rings. The third-order valence-corrected chi connectivity index (χ3v) is 2.07. The van der Waals surface area contributed by atoms with E-state index >= 15 is 0 Å². The van der Waals surface area contributed by atoms with Crippen molar-refractivity contribution in [2.75, 3.05) is 0 Å². The van der Waals surface area contributed by atoms with Crippen molar-refractivity contribution in [2.24, 2.45) is 0 Å². The second-order valence-electron chi connectivity index (χ2n) is 2.68. The van der Waals surface area contributed by atoms with Crippen LogP contribution in [-0.2, 0) is 0 Å². The molecule has 0 radical (unpaired) electrons. The smallest absolute Gasteiger partial charge is 0.343 e. The molecule has 0 spiro atoms. The van der Waals surface area contributed by atoms with Crippen LogP contribution in [0.4, 0.5) is 5.69 Å². The highest BCUT2D eigenvalue weighted by atomic mass is 35.5. The lowest BCUT2D eigenvalue weighted by Gasteiger charge is -2.04. The van der Waals surface area contributed by atoms with Crippen molar-refractivity contribution in [3.8, 4) is 0 Å². The zero-order valence-electron chi connectivity index (χ0n) is 7.51. The Morgan fingerprint density at radius 2 is 1.69 bits per heavy atom. The molecular weight excluding hydrogens is 242 g/mol. The molecule has 0 aliphatic carbocycles. The predicted octanol–water partition coefficient (Wildman–Crippen LogP) is 1.64. The highest BCUT2D eigenvalue weighted by Gasteiger charge is 2.29. The summed E-state index contributed by atoms with van der Waals surface area (Å²) in [7, 11) is 0. The normalized spacial score (nSPS) is 9.81. The molecule has 0 amide bonds. The molecule has 1 aromatic carbocycles. The molecule has 84 valence electrons. The fraction of sp³-hybridized carbons (Fsp3) is 0. The summed E-state index contributed by atoms with van der Waals surface area (Å²) in [5.41, 5.74) is -2.53. The second kappa shape index (κ2) is 4.15. The number of carboxylic acid groups (broad SMARTS) is 2. The summed E-state index contributed by atoms with van der Waals surface area (Å²) in [6.07, 6.45) is 0. The topological polar surface area (TPSA) is 118 Å². The molecule has 8 heteroatoms. The Labute approximate surface area is 93.0 Å². The number of benzene rings is 1. The van der Waals surface area contributed by atoms with E-state index in [-0.39, 0.29) is 5.02 Å². The molecule has 0 saturated heterocycles. The van der Waals surface area contributed by atoms with E-state index in [0.29, 0.717) is 0 Å². The van der Waals surface area contributed by atoms with Gasteiger partial charge in [0.2, 0.25) is 0 Å². The Morgan fingerprint density at radius 1 is 1.19 bits per heavy atom. The minimum atomic E-state index is -1.72. The van der Waals surface area contributed by atoms with E-state index in [4.69, 9.17) is 21.8 Å². The third-order valence-electron chi connectivity index (χ3n) is 1.76. The third kappa shape index (κ3) is 1.94. The van der Waals surface area contributed by atoms with Gasteiger partial charge in [0, 0.05) is 6.07 Å². The first-order chi connectivity index (χ1) is 7.36. The summed E-state index contributed by atoms with van der Waals surface area (Å²) in [6, 6.07) is 1.81. The summed E-state index contributed by atoms with van der Waals surface area (Å²) in [4.78, 5) is 31.1. The van der Waals surface area contributed by atoms with Crippen molar-refractivity contribution in [2.45, 2.75) is 0 Å². The first kappa shape index (κ1) is 11.9. The van der Waals surface area contributed by atoms with E-state index in [1.54, 1.807) is 0 Å². The second-order valence-corrected chi connectivity index (χ2v) is 3.09. The average molecular weight is 246 g/mol. The first-order valence-corrected chi connectivity index (χ1v) is 4.17. The lowest BCUT2D eigenvalue weighted by atomic mass is 10.1. The van der Waals surface area contributed by atoms with Gasteiger partial charge in [-0.1, -0.05) is 11.6 Å². The maximum Gasteiger partial charge on any atom is 0.343 e. The van der Waals surface area contributed by atoms with Gasteiger partial charge >= 0.3 is 11.9 Å². The van der Waals surface area contributed by atoms with Gasteiger partial charge in [0.15, 0.2) is 5.56 Å². The van der Waals surface area contributed by atoms with E-state index in [1.165, 1.54) is 0 Å². The van der Waals surface area contributed by atoms with Crippen molar-refractivity contribution in [1.82, 2.24) is 0 Å². The van der Waals surface area contributed by atoms with Gasteiger partial charge in [0.05, 0.1) is 15.5 Å².